The Hall–Kier alpha value is -1.65. The molecule has 0 aromatic carbocycles. The van der Waals surface area contributed by atoms with E-state index in [0.29, 0.717) is 17.9 Å². The molecule has 1 fully saturated rings. The lowest BCUT2D eigenvalue weighted by molar-refractivity contribution is 0.0690. The Morgan fingerprint density at radius 1 is 1.47 bits per heavy atom. The molecule has 1 aliphatic carbocycles. The van der Waals surface area contributed by atoms with E-state index in [1.54, 1.807) is 0 Å². The van der Waals surface area contributed by atoms with Crippen molar-refractivity contribution >= 4 is 11.9 Å². The third kappa shape index (κ3) is 3.43. The van der Waals surface area contributed by atoms with Gasteiger partial charge in [-0.1, -0.05) is 26.7 Å². The van der Waals surface area contributed by atoms with E-state index in [-0.39, 0.29) is 5.69 Å². The number of carbonyl (C=O) groups is 1. The molecular weight excluding hydrogens is 242 g/mol. The predicted molar refractivity (Wildman–Crippen MR) is 73.4 cm³/mol. The lowest BCUT2D eigenvalue weighted by Crippen LogP contribution is -2.37. The standard InChI is InChI=1S/C14H21N3O2/c1-10(2)9-17(11-5-3-4-6-11)14-15-8-7-12(16-14)13(18)19/h7-8,10-11H,3-6,9H2,1-2H3,(H,18,19). The second-order valence-corrected chi connectivity index (χ2v) is 5.53. The van der Waals surface area contributed by atoms with Crippen LogP contribution in [0, 0.1) is 5.92 Å². The first-order chi connectivity index (χ1) is 9.08. The maximum Gasteiger partial charge on any atom is 0.354 e. The van der Waals surface area contributed by atoms with E-state index in [0.717, 1.165) is 19.4 Å². The van der Waals surface area contributed by atoms with Crippen molar-refractivity contribution in [3.63, 3.8) is 0 Å². The summed E-state index contributed by atoms with van der Waals surface area (Å²) in [5, 5.41) is 9.03. The normalized spacial score (nSPS) is 15.9. The highest BCUT2D eigenvalue weighted by Crippen LogP contribution is 2.27. The number of nitrogens with zero attached hydrogens (tertiary/aromatic N) is 3. The molecule has 0 amide bonds. The average Bonchev–Trinajstić information content (AvgIpc) is 2.89. The van der Waals surface area contributed by atoms with Gasteiger partial charge in [-0.05, 0) is 24.8 Å². The number of aromatic carboxylic acids is 1. The molecule has 0 atom stereocenters. The predicted octanol–water partition coefficient (Wildman–Crippen LogP) is 2.58. The van der Waals surface area contributed by atoms with E-state index in [9.17, 15) is 4.79 Å². The molecule has 0 radical (unpaired) electrons. The van der Waals surface area contributed by atoms with Crippen molar-refractivity contribution in [2.45, 2.75) is 45.6 Å². The third-order valence-electron chi connectivity index (χ3n) is 3.45. The third-order valence-corrected chi connectivity index (χ3v) is 3.45. The van der Waals surface area contributed by atoms with Crippen LogP contribution in [0.25, 0.3) is 0 Å². The van der Waals surface area contributed by atoms with Gasteiger partial charge in [0.15, 0.2) is 5.69 Å². The van der Waals surface area contributed by atoms with Gasteiger partial charge in [-0.2, -0.15) is 0 Å². The molecule has 104 valence electrons. The van der Waals surface area contributed by atoms with Gasteiger partial charge in [0.1, 0.15) is 0 Å². The molecule has 19 heavy (non-hydrogen) atoms. The summed E-state index contributed by atoms with van der Waals surface area (Å²) in [6.07, 6.45) is 6.30. The van der Waals surface area contributed by atoms with Crippen LogP contribution < -0.4 is 4.90 Å². The Labute approximate surface area is 113 Å². The molecule has 0 spiro atoms. The maximum atomic E-state index is 11.0. The minimum atomic E-state index is -1.00. The Balaban J connectivity index is 2.25. The number of carboxylic acids is 1. The number of carboxylic acid groups (broad SMARTS) is 1. The first-order valence-corrected chi connectivity index (χ1v) is 6.91. The zero-order valence-corrected chi connectivity index (χ0v) is 11.5. The van der Waals surface area contributed by atoms with E-state index in [2.05, 4.69) is 28.7 Å². The Bertz CT molecular complexity index is 442. The van der Waals surface area contributed by atoms with E-state index in [1.807, 2.05) is 0 Å². The van der Waals surface area contributed by atoms with Crippen LogP contribution in [0.3, 0.4) is 0 Å². The number of hydrogen-bond donors (Lipinski definition) is 1. The van der Waals surface area contributed by atoms with Crippen LogP contribution in [0.15, 0.2) is 12.3 Å². The quantitative estimate of drug-likeness (QED) is 0.884. The highest BCUT2D eigenvalue weighted by Gasteiger charge is 2.25. The van der Waals surface area contributed by atoms with Crippen LogP contribution in [0.2, 0.25) is 0 Å². The van der Waals surface area contributed by atoms with Crippen LogP contribution in [0.4, 0.5) is 5.95 Å². The summed E-state index contributed by atoms with van der Waals surface area (Å²) in [4.78, 5) is 21.7. The summed E-state index contributed by atoms with van der Waals surface area (Å²) in [7, 11) is 0. The van der Waals surface area contributed by atoms with Crippen LogP contribution in [-0.2, 0) is 0 Å². The second kappa shape index (κ2) is 5.99. The molecule has 1 saturated carbocycles. The minimum absolute atomic E-state index is 0.0664. The number of rotatable bonds is 5. The highest BCUT2D eigenvalue weighted by atomic mass is 16.4. The maximum absolute atomic E-state index is 11.0. The summed E-state index contributed by atoms with van der Waals surface area (Å²) in [5.41, 5.74) is 0.0664. The first kappa shape index (κ1) is 13.8. The molecule has 0 bridgehead atoms. The summed E-state index contributed by atoms with van der Waals surface area (Å²) >= 11 is 0. The molecule has 5 heteroatoms. The van der Waals surface area contributed by atoms with Crippen molar-refractivity contribution in [2.24, 2.45) is 5.92 Å². The van der Waals surface area contributed by atoms with E-state index < -0.39 is 5.97 Å². The van der Waals surface area contributed by atoms with Crippen molar-refractivity contribution in [2.75, 3.05) is 11.4 Å². The van der Waals surface area contributed by atoms with Crippen LogP contribution in [-0.4, -0.2) is 33.6 Å². The van der Waals surface area contributed by atoms with Gasteiger partial charge >= 0.3 is 5.97 Å². The van der Waals surface area contributed by atoms with Gasteiger partial charge in [0.2, 0.25) is 5.95 Å². The zero-order valence-electron chi connectivity index (χ0n) is 11.5. The monoisotopic (exact) mass is 263 g/mol. The highest BCUT2D eigenvalue weighted by molar-refractivity contribution is 5.85. The van der Waals surface area contributed by atoms with Gasteiger partial charge in [-0.15, -0.1) is 0 Å². The van der Waals surface area contributed by atoms with Crippen molar-refractivity contribution in [3.05, 3.63) is 18.0 Å². The van der Waals surface area contributed by atoms with E-state index >= 15 is 0 Å². The SMILES string of the molecule is CC(C)CN(c1nccc(C(=O)O)n1)C1CCCC1. The molecule has 0 aliphatic heterocycles. The minimum Gasteiger partial charge on any atom is -0.477 e. The summed E-state index contributed by atoms with van der Waals surface area (Å²) in [6.45, 7) is 5.18. The van der Waals surface area contributed by atoms with Gasteiger partial charge in [0, 0.05) is 18.8 Å². The van der Waals surface area contributed by atoms with Crippen LogP contribution >= 0.6 is 0 Å². The zero-order chi connectivity index (χ0) is 13.8. The van der Waals surface area contributed by atoms with Gasteiger partial charge in [-0.3, -0.25) is 0 Å². The van der Waals surface area contributed by atoms with Gasteiger partial charge in [0.25, 0.3) is 0 Å². The molecule has 1 aromatic rings. The molecule has 1 aromatic heterocycles. The van der Waals surface area contributed by atoms with Crippen molar-refractivity contribution in [3.8, 4) is 0 Å². The lowest BCUT2D eigenvalue weighted by atomic mass is 10.1. The average molecular weight is 263 g/mol. The molecule has 2 rings (SSSR count). The molecule has 1 heterocycles. The Morgan fingerprint density at radius 2 is 2.16 bits per heavy atom. The summed E-state index contributed by atoms with van der Waals surface area (Å²) in [6, 6.07) is 1.89. The van der Waals surface area contributed by atoms with Crippen molar-refractivity contribution in [1.82, 2.24) is 9.97 Å². The first-order valence-electron chi connectivity index (χ1n) is 6.91. The fraction of sp³-hybridized carbons (Fsp3) is 0.643. The van der Waals surface area contributed by atoms with E-state index in [1.165, 1.54) is 25.1 Å². The largest absolute Gasteiger partial charge is 0.477 e. The van der Waals surface area contributed by atoms with Crippen molar-refractivity contribution in [1.29, 1.82) is 0 Å². The molecule has 0 saturated heterocycles. The second-order valence-electron chi connectivity index (χ2n) is 5.53. The smallest absolute Gasteiger partial charge is 0.354 e. The van der Waals surface area contributed by atoms with Gasteiger partial charge < -0.3 is 10.0 Å². The lowest BCUT2D eigenvalue weighted by Gasteiger charge is -2.30. The fourth-order valence-electron chi connectivity index (χ4n) is 2.61. The van der Waals surface area contributed by atoms with Gasteiger partial charge in [-0.25, -0.2) is 14.8 Å². The molecule has 0 unspecified atom stereocenters. The molecule has 5 nitrogen and oxygen atoms in total. The topological polar surface area (TPSA) is 66.3 Å². The Morgan fingerprint density at radius 3 is 2.74 bits per heavy atom. The van der Waals surface area contributed by atoms with E-state index in [4.69, 9.17) is 5.11 Å². The summed E-state index contributed by atoms with van der Waals surface area (Å²) in [5.74, 6) is 0.0535. The number of anilines is 1. The van der Waals surface area contributed by atoms with Crippen molar-refractivity contribution < 1.29 is 9.90 Å². The Kier molecular flexibility index (Phi) is 4.35. The molecule has 1 N–H and O–H groups in total. The molecule has 1 aliphatic rings. The fourth-order valence-corrected chi connectivity index (χ4v) is 2.61. The molecular formula is C14H21N3O2. The summed E-state index contributed by atoms with van der Waals surface area (Å²) < 4.78 is 0. The number of hydrogen-bond acceptors (Lipinski definition) is 4. The van der Waals surface area contributed by atoms with Crippen LogP contribution in [0.5, 0.6) is 0 Å². The number of aromatic nitrogens is 2. The van der Waals surface area contributed by atoms with Crippen LogP contribution in [0.1, 0.15) is 50.0 Å². The van der Waals surface area contributed by atoms with Gasteiger partial charge in [0.05, 0.1) is 0 Å².